The molecule has 11 nitrogen and oxygen atoms in total. The Morgan fingerprint density at radius 1 is 0.297 bits per heavy atom. The van der Waals surface area contributed by atoms with Crippen LogP contribution in [0, 0.1) is 18.8 Å². The number of amides is 6. The van der Waals surface area contributed by atoms with E-state index in [9.17, 15) is 28.8 Å². The van der Waals surface area contributed by atoms with E-state index < -0.39 is 35.4 Å². The third kappa shape index (κ3) is 8.04. The van der Waals surface area contributed by atoms with E-state index in [-0.39, 0.29) is 33.8 Å². The number of ether oxygens (including phenoxy) is 2. The third-order valence-electron chi connectivity index (χ3n) is 13.0. The van der Waals surface area contributed by atoms with Gasteiger partial charge in [-0.1, -0.05) is 84.6 Å². The lowest BCUT2D eigenvalue weighted by Crippen LogP contribution is -2.29. The number of nitrogens with zero attached hydrogens (tertiary/aromatic N) is 3. The zero-order valence-electron chi connectivity index (χ0n) is 39.2. The van der Waals surface area contributed by atoms with E-state index in [2.05, 4.69) is 11.8 Å². The Hall–Kier alpha value is -10.4. The number of imide groups is 3. The summed E-state index contributed by atoms with van der Waals surface area (Å²) >= 11 is 0. The lowest BCUT2D eigenvalue weighted by atomic mass is 9.98. The van der Waals surface area contributed by atoms with Gasteiger partial charge in [-0.3, -0.25) is 28.8 Å². The number of carbonyl (C=O) groups is 6. The van der Waals surface area contributed by atoms with E-state index in [0.717, 1.165) is 43.2 Å². The molecular formula is C63H37N3O8. The van der Waals surface area contributed by atoms with Crippen molar-refractivity contribution in [2.45, 2.75) is 6.92 Å². The number of anilines is 3. The van der Waals surface area contributed by atoms with Crippen LogP contribution in [0.1, 0.15) is 78.8 Å². The van der Waals surface area contributed by atoms with Crippen LogP contribution in [-0.4, -0.2) is 35.4 Å². The molecule has 12 rings (SSSR count). The first-order valence-corrected chi connectivity index (χ1v) is 23.5. The molecule has 0 saturated carbocycles. The van der Waals surface area contributed by atoms with Crippen LogP contribution < -0.4 is 24.2 Å². The summed E-state index contributed by atoms with van der Waals surface area (Å²) in [7, 11) is 0. The lowest BCUT2D eigenvalue weighted by molar-refractivity contribution is 0.0910. The van der Waals surface area contributed by atoms with E-state index in [0.29, 0.717) is 45.3 Å². The summed E-state index contributed by atoms with van der Waals surface area (Å²) in [4.78, 5) is 86.0. The van der Waals surface area contributed by atoms with Crippen LogP contribution >= 0.6 is 0 Å². The summed E-state index contributed by atoms with van der Waals surface area (Å²) in [6.45, 7) is 1.97. The molecule has 9 aromatic carbocycles. The second-order valence-electron chi connectivity index (χ2n) is 17.8. The van der Waals surface area contributed by atoms with Crippen LogP contribution in [-0.2, 0) is 0 Å². The number of rotatable bonds is 9. The van der Waals surface area contributed by atoms with Gasteiger partial charge in [-0.25, -0.2) is 14.7 Å². The minimum Gasteiger partial charge on any atom is -0.457 e. The fraction of sp³-hybridized carbons (Fsp3) is 0.0159. The molecule has 3 aliphatic rings. The van der Waals surface area contributed by atoms with Crippen LogP contribution in [0.2, 0.25) is 0 Å². The van der Waals surface area contributed by atoms with Crippen molar-refractivity contribution in [2.24, 2.45) is 0 Å². The van der Waals surface area contributed by atoms with Crippen molar-refractivity contribution in [3.05, 3.63) is 256 Å². The zero-order valence-corrected chi connectivity index (χ0v) is 39.2. The summed E-state index contributed by atoms with van der Waals surface area (Å²) in [5, 5.41) is 0. The standard InChI is InChI=1S/C63H37N3O8/c1-38-9-5-18-49(31-38)73-48-24-22-45(23-25-48)64-58(67)53-29-26-50(36-56(53)62(64)71)74-51-27-30-54-57(37-51)63(72)66(60(54)69)47-17-8-15-44(35-47)42-13-6-12-41(33-42)43-14-7-16-46(34-43)65-59(68)52-28-21-40(32-55(52)61(65)70)20-19-39-10-3-2-4-11-39/h2-18,21-37H,1H3. The van der Waals surface area contributed by atoms with E-state index in [1.165, 1.54) is 29.2 Å². The second-order valence-corrected chi connectivity index (χ2v) is 17.8. The predicted octanol–water partition coefficient (Wildman–Crippen LogP) is 12.7. The summed E-state index contributed by atoms with van der Waals surface area (Å²) in [6, 6.07) is 60.1. The molecule has 0 unspecified atom stereocenters. The monoisotopic (exact) mass is 963 g/mol. The average Bonchev–Trinajstić information content (AvgIpc) is 3.94. The van der Waals surface area contributed by atoms with Crippen molar-refractivity contribution < 1.29 is 38.2 Å². The number of aryl methyl sites for hydroxylation is 1. The minimum absolute atomic E-state index is 0.142. The lowest BCUT2D eigenvalue weighted by Gasteiger charge is -2.16. The highest BCUT2D eigenvalue weighted by atomic mass is 16.5. The van der Waals surface area contributed by atoms with Gasteiger partial charge in [0.25, 0.3) is 35.4 Å². The Morgan fingerprint density at radius 3 is 1.27 bits per heavy atom. The SMILES string of the molecule is Cc1cccc(Oc2ccc(N3C(=O)c4ccc(Oc5ccc6c(c5)C(=O)N(c5cccc(-c7cccc(-c8cccc(N9C(=O)c%10ccc(C#Cc%11ccccc%11)cc%10C9=O)c8)c7)c5)C6=O)cc4C3=O)cc2)c1. The summed E-state index contributed by atoms with van der Waals surface area (Å²) in [6.07, 6.45) is 0. The summed E-state index contributed by atoms with van der Waals surface area (Å²) < 4.78 is 12.1. The smallest absolute Gasteiger partial charge is 0.266 e. The van der Waals surface area contributed by atoms with Crippen LogP contribution in [0.15, 0.2) is 206 Å². The Kier molecular flexibility index (Phi) is 10.9. The molecular weight excluding hydrogens is 927 g/mol. The van der Waals surface area contributed by atoms with Crippen LogP contribution in [0.25, 0.3) is 22.3 Å². The Balaban J connectivity index is 0.738. The fourth-order valence-corrected chi connectivity index (χ4v) is 9.40. The molecule has 6 amide bonds. The van der Waals surface area contributed by atoms with Crippen LogP contribution in [0.5, 0.6) is 23.0 Å². The van der Waals surface area contributed by atoms with Crippen molar-refractivity contribution in [3.63, 3.8) is 0 Å². The number of carbonyl (C=O) groups excluding carboxylic acids is 6. The quantitative estimate of drug-likeness (QED) is 0.103. The van der Waals surface area contributed by atoms with Gasteiger partial charge in [-0.2, -0.15) is 0 Å². The minimum atomic E-state index is -0.539. The molecule has 0 N–H and O–H groups in total. The molecule has 0 bridgehead atoms. The highest BCUT2D eigenvalue weighted by molar-refractivity contribution is 6.36. The molecule has 0 fully saturated rings. The number of fused-ring (bicyclic) bond motifs is 3. The van der Waals surface area contributed by atoms with E-state index in [1.54, 1.807) is 91.0 Å². The van der Waals surface area contributed by atoms with Gasteiger partial charge in [0.15, 0.2) is 0 Å². The summed E-state index contributed by atoms with van der Waals surface area (Å²) in [5.74, 6) is 5.04. The summed E-state index contributed by atoms with van der Waals surface area (Å²) in [5.41, 5.74) is 8.10. The first-order chi connectivity index (χ1) is 36.0. The van der Waals surface area contributed by atoms with Crippen molar-refractivity contribution >= 4 is 52.5 Å². The third-order valence-corrected chi connectivity index (χ3v) is 13.0. The maximum absolute atomic E-state index is 14.1. The van der Waals surface area contributed by atoms with Crippen LogP contribution in [0.4, 0.5) is 17.1 Å². The Morgan fingerprint density at radius 2 is 0.716 bits per heavy atom. The first-order valence-electron chi connectivity index (χ1n) is 23.5. The van der Waals surface area contributed by atoms with Crippen molar-refractivity contribution in [1.29, 1.82) is 0 Å². The van der Waals surface area contributed by atoms with Crippen molar-refractivity contribution in [3.8, 4) is 57.1 Å². The molecule has 352 valence electrons. The molecule has 9 aromatic rings. The van der Waals surface area contributed by atoms with E-state index in [4.69, 9.17) is 9.47 Å². The molecule has 0 saturated heterocycles. The van der Waals surface area contributed by atoms with Gasteiger partial charge >= 0.3 is 0 Å². The number of hydrogen-bond acceptors (Lipinski definition) is 8. The molecule has 3 heterocycles. The highest BCUT2D eigenvalue weighted by Gasteiger charge is 2.40. The molecule has 74 heavy (non-hydrogen) atoms. The van der Waals surface area contributed by atoms with Gasteiger partial charge < -0.3 is 9.47 Å². The van der Waals surface area contributed by atoms with E-state index >= 15 is 0 Å². The van der Waals surface area contributed by atoms with Crippen LogP contribution in [0.3, 0.4) is 0 Å². The Labute approximate surface area is 424 Å². The van der Waals surface area contributed by atoms with Gasteiger partial charge in [-0.15, -0.1) is 0 Å². The molecule has 11 heteroatoms. The van der Waals surface area contributed by atoms with Gasteiger partial charge in [0, 0.05) is 11.1 Å². The second kappa shape index (κ2) is 18.1. The zero-order chi connectivity index (χ0) is 50.6. The first kappa shape index (κ1) is 44.7. The Bertz CT molecular complexity index is 3960. The molecule has 3 aliphatic heterocycles. The van der Waals surface area contributed by atoms with Gasteiger partial charge in [0.1, 0.15) is 23.0 Å². The molecule has 0 aromatic heterocycles. The van der Waals surface area contributed by atoms with Crippen molar-refractivity contribution in [2.75, 3.05) is 14.7 Å². The highest BCUT2D eigenvalue weighted by Crippen LogP contribution is 2.38. The number of benzene rings is 9. The van der Waals surface area contributed by atoms with Gasteiger partial charge in [-0.05, 0) is 168 Å². The predicted molar refractivity (Wildman–Crippen MR) is 280 cm³/mol. The molecule has 0 radical (unpaired) electrons. The van der Waals surface area contributed by atoms with E-state index in [1.807, 2.05) is 97.9 Å². The normalized spacial score (nSPS) is 13.4. The average molecular weight is 964 g/mol. The largest absolute Gasteiger partial charge is 0.457 e. The number of hydrogen-bond donors (Lipinski definition) is 0. The maximum Gasteiger partial charge on any atom is 0.266 e. The fourth-order valence-electron chi connectivity index (χ4n) is 9.40. The molecule has 0 atom stereocenters. The van der Waals surface area contributed by atoms with Gasteiger partial charge in [0.2, 0.25) is 0 Å². The topological polar surface area (TPSA) is 131 Å². The van der Waals surface area contributed by atoms with Gasteiger partial charge in [0.05, 0.1) is 50.4 Å². The maximum atomic E-state index is 14.1. The molecule has 0 spiro atoms. The van der Waals surface area contributed by atoms with Crippen molar-refractivity contribution in [1.82, 2.24) is 0 Å². The molecule has 0 aliphatic carbocycles.